The van der Waals surface area contributed by atoms with Gasteiger partial charge < -0.3 is 29.2 Å². The molecular formula is C23H32N2O9. The van der Waals surface area contributed by atoms with Crippen molar-refractivity contribution in [3.63, 3.8) is 0 Å². The van der Waals surface area contributed by atoms with Crippen molar-refractivity contribution in [1.29, 1.82) is 0 Å². The maximum absolute atomic E-state index is 13.1. The summed E-state index contributed by atoms with van der Waals surface area (Å²) in [5.74, 6) is -4.00. The Kier molecular flexibility index (Phi) is 11.5. The van der Waals surface area contributed by atoms with Gasteiger partial charge in [0.05, 0.1) is 0 Å². The molecule has 0 saturated heterocycles. The predicted molar refractivity (Wildman–Crippen MR) is 122 cm³/mol. The third-order valence-electron chi connectivity index (χ3n) is 4.55. The molecule has 1 amide bonds. The van der Waals surface area contributed by atoms with E-state index in [9.17, 15) is 24.0 Å². The van der Waals surface area contributed by atoms with Gasteiger partial charge in [0.15, 0.2) is 12.2 Å². The maximum Gasteiger partial charge on any atom is 0.303 e. The van der Waals surface area contributed by atoms with Gasteiger partial charge in [0, 0.05) is 52.2 Å². The van der Waals surface area contributed by atoms with Crippen LogP contribution < -0.4 is 10.2 Å². The number of nitrogens with zero attached hydrogens (tertiary/aromatic N) is 1. The van der Waals surface area contributed by atoms with E-state index in [2.05, 4.69) is 10.2 Å². The molecule has 11 heteroatoms. The monoisotopic (exact) mass is 480 g/mol. The summed E-state index contributed by atoms with van der Waals surface area (Å²) in [7, 11) is 0. The first-order valence-corrected chi connectivity index (χ1v) is 10.8. The minimum atomic E-state index is -1.70. The van der Waals surface area contributed by atoms with Crippen molar-refractivity contribution >= 4 is 41.2 Å². The van der Waals surface area contributed by atoms with Crippen LogP contribution in [0.2, 0.25) is 0 Å². The number of rotatable bonds is 12. The molecule has 3 atom stereocenters. The van der Waals surface area contributed by atoms with Crippen molar-refractivity contribution in [3.8, 4) is 0 Å². The summed E-state index contributed by atoms with van der Waals surface area (Å²) in [5.41, 5.74) is 1.34. The fourth-order valence-electron chi connectivity index (χ4n) is 3.14. The molecule has 1 N–H and O–H groups in total. The normalized spacial score (nSPS) is 13.0. The van der Waals surface area contributed by atoms with Crippen molar-refractivity contribution in [3.05, 3.63) is 24.3 Å². The topological polar surface area (TPSA) is 138 Å². The number of amides is 1. The Morgan fingerprint density at radius 1 is 0.794 bits per heavy atom. The Morgan fingerprint density at radius 2 is 1.32 bits per heavy atom. The molecule has 11 nitrogen and oxygen atoms in total. The molecule has 0 fully saturated rings. The zero-order chi connectivity index (χ0) is 25.8. The minimum absolute atomic E-state index is 0.392. The Bertz CT molecular complexity index is 866. The van der Waals surface area contributed by atoms with E-state index < -0.39 is 54.7 Å². The zero-order valence-corrected chi connectivity index (χ0v) is 20.3. The predicted octanol–water partition coefficient (Wildman–Crippen LogP) is 1.83. The minimum Gasteiger partial charge on any atom is -0.462 e. The summed E-state index contributed by atoms with van der Waals surface area (Å²) in [6, 6.07) is 6.96. The van der Waals surface area contributed by atoms with Gasteiger partial charge in [-0.3, -0.25) is 24.0 Å². The average molecular weight is 481 g/mol. The number of carbonyl (C=O) groups is 5. The molecule has 0 radical (unpaired) electrons. The molecule has 0 spiro atoms. The molecule has 0 saturated carbocycles. The summed E-state index contributed by atoms with van der Waals surface area (Å²) >= 11 is 0. The molecule has 0 bridgehead atoms. The van der Waals surface area contributed by atoms with Crippen LogP contribution in [0, 0.1) is 0 Å². The first-order valence-electron chi connectivity index (χ1n) is 10.8. The molecule has 0 aromatic heterocycles. The second-order valence-electron chi connectivity index (χ2n) is 7.26. The second kappa shape index (κ2) is 13.8. The molecule has 0 heterocycles. The number of esters is 4. The van der Waals surface area contributed by atoms with Crippen LogP contribution in [-0.4, -0.2) is 67.8 Å². The van der Waals surface area contributed by atoms with Gasteiger partial charge in [0.1, 0.15) is 6.61 Å². The van der Waals surface area contributed by atoms with Gasteiger partial charge in [0.25, 0.3) is 5.91 Å². The van der Waals surface area contributed by atoms with Gasteiger partial charge in [-0.25, -0.2) is 0 Å². The van der Waals surface area contributed by atoms with Gasteiger partial charge in [-0.1, -0.05) is 0 Å². The molecule has 188 valence electrons. The molecule has 0 aliphatic heterocycles. The van der Waals surface area contributed by atoms with Crippen LogP contribution in [0.5, 0.6) is 0 Å². The third kappa shape index (κ3) is 9.47. The van der Waals surface area contributed by atoms with Crippen LogP contribution in [0.4, 0.5) is 11.4 Å². The van der Waals surface area contributed by atoms with E-state index in [1.807, 2.05) is 26.0 Å². The van der Waals surface area contributed by atoms with Crippen molar-refractivity contribution in [2.24, 2.45) is 0 Å². The molecule has 1 aromatic rings. The first-order chi connectivity index (χ1) is 16.0. The van der Waals surface area contributed by atoms with Gasteiger partial charge in [-0.2, -0.15) is 0 Å². The molecular weight excluding hydrogens is 448 g/mol. The number of hydrogen-bond donors (Lipinski definition) is 1. The lowest BCUT2D eigenvalue weighted by Crippen LogP contribution is -2.52. The van der Waals surface area contributed by atoms with Crippen LogP contribution in [0.1, 0.15) is 41.5 Å². The van der Waals surface area contributed by atoms with Crippen molar-refractivity contribution in [2.45, 2.75) is 59.9 Å². The summed E-state index contributed by atoms with van der Waals surface area (Å²) in [6.07, 6.45) is -4.70. The average Bonchev–Trinajstić information content (AvgIpc) is 2.75. The lowest BCUT2D eigenvalue weighted by Gasteiger charge is -2.30. The largest absolute Gasteiger partial charge is 0.462 e. The van der Waals surface area contributed by atoms with E-state index in [4.69, 9.17) is 18.9 Å². The fourth-order valence-corrected chi connectivity index (χ4v) is 3.14. The molecule has 0 aliphatic carbocycles. The fraction of sp³-hybridized carbons (Fsp3) is 0.522. The highest BCUT2D eigenvalue weighted by Gasteiger charge is 2.42. The van der Waals surface area contributed by atoms with Crippen molar-refractivity contribution in [2.75, 3.05) is 29.9 Å². The molecule has 1 rings (SSSR count). The number of hydrogen-bond acceptors (Lipinski definition) is 10. The quantitative estimate of drug-likeness (QED) is 0.348. The van der Waals surface area contributed by atoms with Crippen molar-refractivity contribution < 1.29 is 42.9 Å². The highest BCUT2D eigenvalue weighted by molar-refractivity contribution is 5.96. The highest BCUT2D eigenvalue weighted by Crippen LogP contribution is 2.20. The lowest BCUT2D eigenvalue weighted by molar-refractivity contribution is -0.190. The number of ether oxygens (including phenoxy) is 4. The van der Waals surface area contributed by atoms with E-state index in [0.29, 0.717) is 5.69 Å². The van der Waals surface area contributed by atoms with Gasteiger partial charge in [-0.15, -0.1) is 0 Å². The van der Waals surface area contributed by atoms with E-state index >= 15 is 0 Å². The van der Waals surface area contributed by atoms with E-state index in [-0.39, 0.29) is 0 Å². The van der Waals surface area contributed by atoms with Crippen LogP contribution in [0.15, 0.2) is 24.3 Å². The number of nitrogens with one attached hydrogen (secondary N) is 1. The van der Waals surface area contributed by atoms with Crippen LogP contribution >= 0.6 is 0 Å². The summed E-state index contributed by atoms with van der Waals surface area (Å²) in [6.45, 7) is 9.47. The summed E-state index contributed by atoms with van der Waals surface area (Å²) in [5, 5.41) is 2.60. The molecule has 1 aromatic carbocycles. The number of benzene rings is 1. The smallest absolute Gasteiger partial charge is 0.303 e. The maximum atomic E-state index is 13.1. The van der Waals surface area contributed by atoms with Gasteiger partial charge in [-0.05, 0) is 38.1 Å². The Morgan fingerprint density at radius 3 is 1.76 bits per heavy atom. The van der Waals surface area contributed by atoms with E-state index in [0.717, 1.165) is 46.5 Å². The SMILES string of the molecule is CCN(CC)c1ccc(NC(=O)[C@H](OC(C)=O)[C@@H](OC(C)=O)[C@@H](COC(C)=O)OC(C)=O)cc1. The van der Waals surface area contributed by atoms with E-state index in [1.54, 1.807) is 12.1 Å². The molecule has 0 unspecified atom stereocenters. The summed E-state index contributed by atoms with van der Waals surface area (Å²) in [4.78, 5) is 61.6. The van der Waals surface area contributed by atoms with Crippen LogP contribution in [-0.2, 0) is 42.9 Å². The van der Waals surface area contributed by atoms with Gasteiger partial charge >= 0.3 is 23.9 Å². The second-order valence-corrected chi connectivity index (χ2v) is 7.26. The van der Waals surface area contributed by atoms with Gasteiger partial charge in [0.2, 0.25) is 6.10 Å². The molecule has 34 heavy (non-hydrogen) atoms. The van der Waals surface area contributed by atoms with Crippen LogP contribution in [0.25, 0.3) is 0 Å². The first kappa shape index (κ1) is 28.4. The van der Waals surface area contributed by atoms with E-state index in [1.165, 1.54) is 0 Å². The Hall–Kier alpha value is -3.63. The standard InChI is InChI=1S/C23H32N2O9/c1-7-25(8-2)19-11-9-18(10-12-19)24-23(30)22(34-17(6)29)21(33-16(5)28)20(32-15(4)27)13-31-14(3)26/h9-12,20-22H,7-8,13H2,1-6H3,(H,24,30)/t20-,21+,22-/m1/s1. The number of carbonyl (C=O) groups excluding carboxylic acids is 5. The Labute approximate surface area is 198 Å². The highest BCUT2D eigenvalue weighted by atomic mass is 16.6. The zero-order valence-electron chi connectivity index (χ0n) is 20.3. The Balaban J connectivity index is 3.25. The third-order valence-corrected chi connectivity index (χ3v) is 4.55. The number of anilines is 2. The van der Waals surface area contributed by atoms with Crippen LogP contribution in [0.3, 0.4) is 0 Å². The van der Waals surface area contributed by atoms with Crippen molar-refractivity contribution in [1.82, 2.24) is 0 Å². The molecule has 0 aliphatic rings. The lowest BCUT2D eigenvalue weighted by atomic mass is 10.1. The summed E-state index contributed by atoms with van der Waals surface area (Å²) < 4.78 is 20.4.